The van der Waals surface area contributed by atoms with E-state index in [0.717, 1.165) is 14.9 Å². The van der Waals surface area contributed by atoms with Gasteiger partial charge in [0.05, 0.1) is 10.5 Å². The van der Waals surface area contributed by atoms with Gasteiger partial charge >= 0.3 is 0 Å². The summed E-state index contributed by atoms with van der Waals surface area (Å²) in [5.41, 5.74) is 3.66. The van der Waals surface area contributed by atoms with E-state index in [1.54, 1.807) is 17.4 Å². The first kappa shape index (κ1) is 14.1. The summed E-state index contributed by atoms with van der Waals surface area (Å²) in [6, 6.07) is 7.01. The lowest BCUT2D eigenvalue weighted by Crippen LogP contribution is -2.29. The topological polar surface area (TPSA) is 38.0 Å². The number of nitrogens with two attached hydrogens (primary N) is 1. The average molecular weight is 394 g/mol. The minimum Gasteiger partial charge on any atom is -0.271 e. The van der Waals surface area contributed by atoms with Crippen molar-refractivity contribution in [3.8, 4) is 0 Å². The lowest BCUT2D eigenvalue weighted by Gasteiger charge is -2.15. The number of thiophene rings is 1. The van der Waals surface area contributed by atoms with Gasteiger partial charge in [-0.2, -0.15) is 0 Å². The molecule has 1 atom stereocenters. The Morgan fingerprint density at radius 1 is 1.39 bits per heavy atom. The summed E-state index contributed by atoms with van der Waals surface area (Å²) in [6.45, 7) is 0. The Hall–Kier alpha value is -0.270. The van der Waals surface area contributed by atoms with Gasteiger partial charge in [0.25, 0.3) is 0 Å². The van der Waals surface area contributed by atoms with Gasteiger partial charge in [-0.25, -0.2) is 4.39 Å². The fraction of sp³-hybridized carbons (Fsp3) is 0.167. The molecular formula is C12H11Br2FN2S. The lowest BCUT2D eigenvalue weighted by molar-refractivity contribution is 0.554. The normalized spacial score (nSPS) is 12.7. The zero-order chi connectivity index (χ0) is 13.1. The Morgan fingerprint density at radius 3 is 2.78 bits per heavy atom. The smallest absolute Gasteiger partial charge is 0.137 e. The van der Waals surface area contributed by atoms with E-state index in [0.29, 0.717) is 10.9 Å². The second-order valence-corrected chi connectivity index (χ2v) is 6.46. The van der Waals surface area contributed by atoms with E-state index in [2.05, 4.69) is 37.3 Å². The quantitative estimate of drug-likeness (QED) is 0.604. The molecule has 0 radical (unpaired) electrons. The molecule has 2 rings (SSSR count). The number of benzene rings is 1. The van der Waals surface area contributed by atoms with Gasteiger partial charge in [0.2, 0.25) is 0 Å². The van der Waals surface area contributed by atoms with Gasteiger partial charge in [0.1, 0.15) is 5.82 Å². The Kier molecular flexibility index (Phi) is 4.91. The summed E-state index contributed by atoms with van der Waals surface area (Å²) < 4.78 is 15.0. The zero-order valence-electron chi connectivity index (χ0n) is 9.29. The van der Waals surface area contributed by atoms with Crippen molar-refractivity contribution in [2.24, 2.45) is 5.84 Å². The van der Waals surface area contributed by atoms with Gasteiger partial charge in [-0.05, 0) is 56.0 Å². The predicted molar refractivity (Wildman–Crippen MR) is 79.9 cm³/mol. The number of hydrogen-bond acceptors (Lipinski definition) is 3. The molecule has 96 valence electrons. The fourth-order valence-electron chi connectivity index (χ4n) is 1.68. The number of halogens is 3. The molecule has 0 saturated heterocycles. The predicted octanol–water partition coefficient (Wildman–Crippen LogP) is 4.16. The van der Waals surface area contributed by atoms with Crippen LogP contribution in [0.25, 0.3) is 0 Å². The Balaban J connectivity index is 2.23. The number of hydrazine groups is 1. The van der Waals surface area contributed by atoms with Crippen LogP contribution < -0.4 is 11.3 Å². The molecule has 0 aliphatic heterocycles. The average Bonchev–Trinajstić information content (AvgIpc) is 2.78. The Labute approximate surface area is 126 Å². The van der Waals surface area contributed by atoms with Crippen LogP contribution in [0.3, 0.4) is 0 Å². The molecule has 0 fully saturated rings. The first-order valence-electron chi connectivity index (χ1n) is 5.24. The molecule has 3 N–H and O–H groups in total. The van der Waals surface area contributed by atoms with Crippen LogP contribution in [0.2, 0.25) is 0 Å². The van der Waals surface area contributed by atoms with Crippen LogP contribution in [-0.4, -0.2) is 0 Å². The largest absolute Gasteiger partial charge is 0.271 e. The first-order valence-corrected chi connectivity index (χ1v) is 7.71. The summed E-state index contributed by atoms with van der Waals surface area (Å²) >= 11 is 8.29. The van der Waals surface area contributed by atoms with Gasteiger partial charge in [-0.15, -0.1) is 11.3 Å². The first-order chi connectivity index (χ1) is 8.61. The Morgan fingerprint density at radius 2 is 2.17 bits per heavy atom. The maximum absolute atomic E-state index is 13.4. The van der Waals surface area contributed by atoms with Crippen LogP contribution in [0.1, 0.15) is 16.5 Å². The standard InChI is InChI=1S/C12H11Br2FN2S/c13-8-5-11(18-6-8)10(17-16)4-7-2-1-3-9(15)12(7)14/h1-3,5-6,10,17H,4,16H2. The van der Waals surface area contributed by atoms with Crippen molar-refractivity contribution in [2.45, 2.75) is 12.5 Å². The summed E-state index contributed by atoms with van der Waals surface area (Å²) in [6.07, 6.45) is 0.627. The van der Waals surface area contributed by atoms with Crippen LogP contribution in [0, 0.1) is 5.82 Å². The van der Waals surface area contributed by atoms with Crippen molar-refractivity contribution >= 4 is 43.2 Å². The highest BCUT2D eigenvalue weighted by atomic mass is 79.9. The van der Waals surface area contributed by atoms with Crippen LogP contribution in [0.5, 0.6) is 0 Å². The van der Waals surface area contributed by atoms with Crippen molar-refractivity contribution in [1.29, 1.82) is 0 Å². The SMILES string of the molecule is NNC(Cc1cccc(F)c1Br)c1cc(Br)cs1. The molecule has 0 aliphatic carbocycles. The van der Waals surface area contributed by atoms with Crippen molar-refractivity contribution < 1.29 is 4.39 Å². The van der Waals surface area contributed by atoms with Crippen molar-refractivity contribution in [3.05, 3.63) is 54.8 Å². The van der Waals surface area contributed by atoms with Crippen molar-refractivity contribution in [3.63, 3.8) is 0 Å². The number of rotatable bonds is 4. The van der Waals surface area contributed by atoms with Gasteiger partial charge in [0.15, 0.2) is 0 Å². The molecule has 2 aromatic rings. The molecule has 0 spiro atoms. The van der Waals surface area contributed by atoms with E-state index in [4.69, 9.17) is 5.84 Å². The highest BCUT2D eigenvalue weighted by Crippen LogP contribution is 2.30. The molecule has 1 unspecified atom stereocenters. The second-order valence-electron chi connectivity index (χ2n) is 3.80. The molecule has 0 bridgehead atoms. The molecule has 0 aliphatic rings. The maximum Gasteiger partial charge on any atom is 0.137 e. The van der Waals surface area contributed by atoms with Crippen LogP contribution in [0.15, 0.2) is 38.6 Å². The Bertz CT molecular complexity index is 545. The monoisotopic (exact) mass is 392 g/mol. The fourth-order valence-corrected chi connectivity index (χ4v) is 3.61. The van der Waals surface area contributed by atoms with E-state index in [-0.39, 0.29) is 11.9 Å². The summed E-state index contributed by atoms with van der Waals surface area (Å²) in [5, 5.41) is 2.00. The molecule has 1 aromatic heterocycles. The highest BCUT2D eigenvalue weighted by Gasteiger charge is 2.15. The molecule has 1 aromatic carbocycles. The molecule has 0 saturated carbocycles. The zero-order valence-corrected chi connectivity index (χ0v) is 13.3. The van der Waals surface area contributed by atoms with E-state index in [1.807, 2.05) is 17.5 Å². The third-order valence-electron chi connectivity index (χ3n) is 2.59. The van der Waals surface area contributed by atoms with Crippen LogP contribution >= 0.6 is 43.2 Å². The highest BCUT2D eigenvalue weighted by molar-refractivity contribution is 9.10. The molecule has 18 heavy (non-hydrogen) atoms. The van der Waals surface area contributed by atoms with Crippen molar-refractivity contribution in [1.82, 2.24) is 5.43 Å². The molecule has 6 heteroatoms. The second kappa shape index (κ2) is 6.25. The summed E-state index contributed by atoms with van der Waals surface area (Å²) in [7, 11) is 0. The van der Waals surface area contributed by atoms with Crippen LogP contribution in [-0.2, 0) is 6.42 Å². The van der Waals surface area contributed by atoms with E-state index in [9.17, 15) is 4.39 Å². The van der Waals surface area contributed by atoms with Gasteiger partial charge in [-0.3, -0.25) is 11.3 Å². The maximum atomic E-state index is 13.4. The lowest BCUT2D eigenvalue weighted by atomic mass is 10.1. The summed E-state index contributed by atoms with van der Waals surface area (Å²) in [5.74, 6) is 5.33. The van der Waals surface area contributed by atoms with Gasteiger partial charge in [0, 0.05) is 14.7 Å². The third kappa shape index (κ3) is 3.19. The molecule has 1 heterocycles. The number of nitrogens with one attached hydrogen (secondary N) is 1. The molecule has 0 amide bonds. The van der Waals surface area contributed by atoms with Crippen molar-refractivity contribution in [2.75, 3.05) is 0 Å². The van der Waals surface area contributed by atoms with Crippen LogP contribution in [0.4, 0.5) is 4.39 Å². The molecule has 2 nitrogen and oxygen atoms in total. The summed E-state index contributed by atoms with van der Waals surface area (Å²) in [4.78, 5) is 1.11. The third-order valence-corrected chi connectivity index (χ3v) is 5.28. The van der Waals surface area contributed by atoms with Gasteiger partial charge < -0.3 is 0 Å². The minimum atomic E-state index is -0.254. The number of hydrogen-bond donors (Lipinski definition) is 2. The van der Waals surface area contributed by atoms with E-state index >= 15 is 0 Å². The molecular weight excluding hydrogens is 383 g/mol. The van der Waals surface area contributed by atoms with E-state index in [1.165, 1.54) is 6.07 Å². The van der Waals surface area contributed by atoms with E-state index < -0.39 is 0 Å². The minimum absolute atomic E-state index is 0.0283. The van der Waals surface area contributed by atoms with Gasteiger partial charge in [-0.1, -0.05) is 12.1 Å².